The number of carbonyl (C=O) groups is 1. The lowest BCUT2D eigenvalue weighted by molar-refractivity contribution is -0.144. The molecule has 0 amide bonds. The quantitative estimate of drug-likeness (QED) is 0.402. The van der Waals surface area contributed by atoms with Gasteiger partial charge in [0.25, 0.3) is 10.0 Å². The van der Waals surface area contributed by atoms with Crippen LogP contribution in [0.15, 0.2) is 33.6 Å². The number of rotatable bonds is 7. The second-order valence-corrected chi connectivity index (χ2v) is 8.61. The zero-order valence-electron chi connectivity index (χ0n) is 16.6. The molecule has 0 aromatic heterocycles. The van der Waals surface area contributed by atoms with Crippen LogP contribution in [0.1, 0.15) is 51.5 Å². The van der Waals surface area contributed by atoms with Gasteiger partial charge in [-0.3, -0.25) is 0 Å². The van der Waals surface area contributed by atoms with Crippen molar-refractivity contribution in [3.05, 3.63) is 29.8 Å². The summed E-state index contributed by atoms with van der Waals surface area (Å²) in [5.74, 6) is 0.146. The number of hydrogen-bond acceptors (Lipinski definition) is 4. The predicted octanol–water partition coefficient (Wildman–Crippen LogP) is 3.55. The molecule has 7 heteroatoms. The first-order valence-corrected chi connectivity index (χ1v) is 11.0. The van der Waals surface area contributed by atoms with Crippen molar-refractivity contribution in [3.8, 4) is 0 Å². The van der Waals surface area contributed by atoms with Crippen molar-refractivity contribution in [2.75, 3.05) is 13.7 Å². The van der Waals surface area contributed by atoms with Gasteiger partial charge in [-0.05, 0) is 44.7 Å². The van der Waals surface area contributed by atoms with Crippen LogP contribution in [0.25, 0.3) is 0 Å². The van der Waals surface area contributed by atoms with E-state index < -0.39 is 16.1 Å². The Morgan fingerprint density at radius 2 is 1.96 bits per heavy atom. The van der Waals surface area contributed by atoms with Gasteiger partial charge >= 0.3 is 5.97 Å². The highest BCUT2D eigenvalue weighted by Gasteiger charge is 2.37. The van der Waals surface area contributed by atoms with Crippen molar-refractivity contribution in [1.82, 2.24) is 4.90 Å². The molecule has 0 N–H and O–H groups in total. The maximum atomic E-state index is 13.0. The van der Waals surface area contributed by atoms with Crippen molar-refractivity contribution in [2.45, 2.75) is 63.8 Å². The summed E-state index contributed by atoms with van der Waals surface area (Å²) in [6.45, 7) is 6.61. The largest absolute Gasteiger partial charge is 0.467 e. The minimum absolute atomic E-state index is 0.0134. The van der Waals surface area contributed by atoms with E-state index in [-0.39, 0.29) is 16.8 Å². The summed E-state index contributed by atoms with van der Waals surface area (Å²) in [5, 5.41) is 0. The summed E-state index contributed by atoms with van der Waals surface area (Å²) >= 11 is 0. The number of nitrogens with zero attached hydrogens (tertiary/aromatic N) is 2. The Morgan fingerprint density at radius 3 is 2.52 bits per heavy atom. The van der Waals surface area contributed by atoms with Crippen LogP contribution >= 0.6 is 0 Å². The summed E-state index contributed by atoms with van der Waals surface area (Å²) in [7, 11) is -2.49. The SMILES string of the molecule is CCC[C@@H](CC)/C(=N\S(=O)(=O)c1ccc(C)cc1)N1CCC[C@H]1C(=O)OC. The molecular weight excluding hydrogens is 364 g/mol. The third-order valence-corrected chi connectivity index (χ3v) is 6.34. The molecule has 2 rings (SSSR count). The van der Waals surface area contributed by atoms with E-state index in [9.17, 15) is 13.2 Å². The predicted molar refractivity (Wildman–Crippen MR) is 106 cm³/mol. The molecule has 150 valence electrons. The van der Waals surface area contributed by atoms with E-state index in [4.69, 9.17) is 4.74 Å². The number of likely N-dealkylation sites (tertiary alicyclic amines) is 1. The van der Waals surface area contributed by atoms with Crippen molar-refractivity contribution >= 4 is 21.8 Å². The lowest BCUT2D eigenvalue weighted by atomic mass is 9.98. The van der Waals surface area contributed by atoms with Gasteiger partial charge in [0.05, 0.1) is 12.0 Å². The van der Waals surface area contributed by atoms with Crippen molar-refractivity contribution in [3.63, 3.8) is 0 Å². The van der Waals surface area contributed by atoms with E-state index in [0.29, 0.717) is 18.8 Å². The number of methoxy groups -OCH3 is 1. The Hall–Kier alpha value is -1.89. The van der Waals surface area contributed by atoms with Crippen LogP contribution < -0.4 is 0 Å². The normalized spacial score (nSPS) is 19.2. The Balaban J connectivity index is 2.50. The highest BCUT2D eigenvalue weighted by atomic mass is 32.2. The van der Waals surface area contributed by atoms with Crippen LogP contribution in [0.2, 0.25) is 0 Å². The van der Waals surface area contributed by atoms with E-state index in [2.05, 4.69) is 11.3 Å². The second kappa shape index (κ2) is 9.35. The number of carbonyl (C=O) groups excluding carboxylic acids is 1. The average molecular weight is 395 g/mol. The molecule has 1 saturated heterocycles. The van der Waals surface area contributed by atoms with Gasteiger partial charge in [0.1, 0.15) is 11.9 Å². The summed E-state index contributed by atoms with van der Waals surface area (Å²) in [5.41, 5.74) is 0.987. The van der Waals surface area contributed by atoms with E-state index in [1.54, 1.807) is 24.3 Å². The molecule has 0 spiro atoms. The van der Waals surface area contributed by atoms with Crippen LogP contribution in [0.4, 0.5) is 0 Å². The molecule has 1 fully saturated rings. The number of hydrogen-bond donors (Lipinski definition) is 0. The van der Waals surface area contributed by atoms with Gasteiger partial charge in [-0.15, -0.1) is 4.40 Å². The molecule has 1 aromatic carbocycles. The van der Waals surface area contributed by atoms with Gasteiger partial charge in [-0.25, -0.2) is 4.79 Å². The molecule has 27 heavy (non-hydrogen) atoms. The number of aryl methyl sites for hydroxylation is 1. The number of benzene rings is 1. The van der Waals surface area contributed by atoms with Crippen LogP contribution in [-0.4, -0.2) is 44.8 Å². The zero-order valence-corrected chi connectivity index (χ0v) is 17.5. The lowest BCUT2D eigenvalue weighted by Gasteiger charge is -2.30. The molecule has 0 radical (unpaired) electrons. The smallest absolute Gasteiger partial charge is 0.328 e. The van der Waals surface area contributed by atoms with Crippen molar-refractivity contribution < 1.29 is 17.9 Å². The number of sulfonamides is 1. The standard InChI is InChI=1S/C20H30N2O4S/c1-5-8-16(6-2)19(22-14-7-9-18(22)20(23)26-4)21-27(24,25)17-12-10-15(3)11-13-17/h10-13,16,18H,5-9,14H2,1-4H3/b21-19+/t16-,18+/m1/s1. The van der Waals surface area contributed by atoms with E-state index >= 15 is 0 Å². The third kappa shape index (κ3) is 5.09. The van der Waals surface area contributed by atoms with Crippen LogP contribution in [0.5, 0.6) is 0 Å². The van der Waals surface area contributed by atoms with Crippen molar-refractivity contribution in [2.24, 2.45) is 10.3 Å². The Morgan fingerprint density at radius 1 is 1.30 bits per heavy atom. The first-order chi connectivity index (χ1) is 12.8. The topological polar surface area (TPSA) is 76.0 Å². The van der Waals surface area contributed by atoms with Crippen molar-refractivity contribution in [1.29, 1.82) is 0 Å². The van der Waals surface area contributed by atoms with E-state index in [1.807, 2.05) is 18.7 Å². The van der Waals surface area contributed by atoms with Gasteiger partial charge < -0.3 is 9.64 Å². The first kappa shape index (κ1) is 21.4. The molecule has 0 bridgehead atoms. The van der Waals surface area contributed by atoms with Gasteiger partial charge in [0.15, 0.2) is 0 Å². The Bertz CT molecular complexity index is 772. The first-order valence-electron chi connectivity index (χ1n) is 9.60. The average Bonchev–Trinajstić information content (AvgIpc) is 3.13. The van der Waals surface area contributed by atoms with E-state index in [1.165, 1.54) is 7.11 Å². The van der Waals surface area contributed by atoms with Crippen LogP contribution in [-0.2, 0) is 19.6 Å². The summed E-state index contributed by atoms with van der Waals surface area (Å²) in [4.78, 5) is 14.2. The molecule has 1 aliphatic rings. The molecule has 6 nitrogen and oxygen atoms in total. The zero-order chi connectivity index (χ0) is 20.0. The monoisotopic (exact) mass is 394 g/mol. The summed E-state index contributed by atoms with van der Waals surface area (Å²) < 4.78 is 35.1. The highest BCUT2D eigenvalue weighted by Crippen LogP contribution is 2.27. The van der Waals surface area contributed by atoms with Crippen LogP contribution in [0, 0.1) is 12.8 Å². The maximum absolute atomic E-state index is 13.0. The van der Waals surface area contributed by atoms with Gasteiger partial charge in [-0.1, -0.05) is 38.0 Å². The fraction of sp³-hybridized carbons (Fsp3) is 0.600. The molecule has 1 aromatic rings. The molecule has 1 aliphatic heterocycles. The second-order valence-electron chi connectivity index (χ2n) is 7.01. The minimum Gasteiger partial charge on any atom is -0.467 e. The molecular formula is C20H30N2O4S. The minimum atomic E-state index is -3.85. The van der Waals surface area contributed by atoms with E-state index in [0.717, 1.165) is 31.2 Å². The summed E-state index contributed by atoms with van der Waals surface area (Å²) in [6.07, 6.45) is 3.97. The van der Waals surface area contributed by atoms with Crippen LogP contribution in [0.3, 0.4) is 0 Å². The maximum Gasteiger partial charge on any atom is 0.328 e. The van der Waals surface area contributed by atoms with Gasteiger partial charge in [0, 0.05) is 12.5 Å². The van der Waals surface area contributed by atoms with Gasteiger partial charge in [0.2, 0.25) is 0 Å². The highest BCUT2D eigenvalue weighted by molar-refractivity contribution is 7.90. The number of esters is 1. The molecule has 0 aliphatic carbocycles. The Labute approximate surface area is 162 Å². The molecule has 0 saturated carbocycles. The third-order valence-electron chi connectivity index (χ3n) is 5.05. The fourth-order valence-electron chi connectivity index (χ4n) is 3.53. The number of amidine groups is 1. The molecule has 2 atom stereocenters. The fourth-order valence-corrected chi connectivity index (χ4v) is 4.62. The number of ether oxygens (including phenoxy) is 1. The lowest BCUT2D eigenvalue weighted by Crippen LogP contribution is -2.44. The molecule has 0 unspecified atom stereocenters. The summed E-state index contributed by atoms with van der Waals surface area (Å²) in [6, 6.07) is 6.22. The molecule has 1 heterocycles. The van der Waals surface area contributed by atoms with Gasteiger partial charge in [-0.2, -0.15) is 8.42 Å². The Kier molecular flexibility index (Phi) is 7.41.